The van der Waals surface area contributed by atoms with Crippen molar-refractivity contribution in [2.45, 2.75) is 53.1 Å². The smallest absolute Gasteiger partial charge is 0.160 e. The molecule has 1 aromatic carbocycles. The fraction of sp³-hybridized carbons (Fsp3) is 0.647. The number of hydrogen-bond acceptors (Lipinski definition) is 3. The molecule has 0 fully saturated rings. The van der Waals surface area contributed by atoms with Gasteiger partial charge < -0.3 is 9.84 Å². The van der Waals surface area contributed by atoms with Gasteiger partial charge >= 0.3 is 0 Å². The molecule has 114 valence electrons. The number of nitrogens with zero attached hydrogens (tertiary/aromatic N) is 1. The monoisotopic (exact) mass is 279 g/mol. The van der Waals surface area contributed by atoms with Gasteiger partial charge in [-0.15, -0.1) is 0 Å². The minimum Gasteiger partial charge on any atom is -0.504 e. The van der Waals surface area contributed by atoms with Gasteiger partial charge in [0.2, 0.25) is 0 Å². The molecule has 0 unspecified atom stereocenters. The Bertz CT molecular complexity index is 400. The van der Waals surface area contributed by atoms with Gasteiger partial charge in [0.15, 0.2) is 11.5 Å². The van der Waals surface area contributed by atoms with E-state index in [1.165, 1.54) is 0 Å². The van der Waals surface area contributed by atoms with Gasteiger partial charge in [0, 0.05) is 19.1 Å². The Morgan fingerprint density at radius 1 is 1.20 bits per heavy atom. The van der Waals surface area contributed by atoms with Crippen molar-refractivity contribution in [2.24, 2.45) is 5.92 Å². The lowest BCUT2D eigenvalue weighted by molar-refractivity contribution is 0.157. The quantitative estimate of drug-likeness (QED) is 0.779. The molecule has 0 aromatic heterocycles. The summed E-state index contributed by atoms with van der Waals surface area (Å²) in [6, 6.07) is 6.29. The van der Waals surface area contributed by atoms with Crippen LogP contribution in [0.25, 0.3) is 0 Å². The summed E-state index contributed by atoms with van der Waals surface area (Å²) in [5.41, 5.74) is 1.14. The van der Waals surface area contributed by atoms with E-state index in [2.05, 4.69) is 32.6 Å². The third kappa shape index (κ3) is 4.71. The summed E-state index contributed by atoms with van der Waals surface area (Å²) < 4.78 is 5.10. The van der Waals surface area contributed by atoms with Crippen LogP contribution < -0.4 is 4.74 Å². The predicted molar refractivity (Wildman–Crippen MR) is 84.3 cm³/mol. The van der Waals surface area contributed by atoms with E-state index in [9.17, 15) is 5.11 Å². The molecule has 1 aromatic rings. The second kappa shape index (κ2) is 8.15. The molecule has 0 amide bonds. The minimum absolute atomic E-state index is 0.221. The molecule has 0 aliphatic heterocycles. The van der Waals surface area contributed by atoms with Gasteiger partial charge in [-0.3, -0.25) is 4.90 Å². The third-order valence-corrected chi connectivity index (χ3v) is 3.69. The SMILES string of the molecule is CCC(CC)N(Cc1ccc(OC)c(O)c1)CC(C)C. The molecule has 20 heavy (non-hydrogen) atoms. The minimum atomic E-state index is 0.221. The van der Waals surface area contributed by atoms with Crippen LogP contribution in [0.4, 0.5) is 0 Å². The summed E-state index contributed by atoms with van der Waals surface area (Å²) >= 11 is 0. The molecule has 0 heterocycles. The number of benzene rings is 1. The van der Waals surface area contributed by atoms with Crippen molar-refractivity contribution in [3.8, 4) is 11.5 Å². The number of methoxy groups -OCH3 is 1. The third-order valence-electron chi connectivity index (χ3n) is 3.69. The standard InChI is InChI=1S/C17H29NO2/c1-6-15(7-2)18(11-13(3)4)12-14-8-9-17(20-5)16(19)10-14/h8-10,13,15,19H,6-7,11-12H2,1-5H3. The normalized spacial score (nSPS) is 11.6. The molecule has 1 rings (SSSR count). The van der Waals surface area contributed by atoms with Gasteiger partial charge in [-0.1, -0.05) is 33.8 Å². The van der Waals surface area contributed by atoms with Crippen LogP contribution in [0.15, 0.2) is 18.2 Å². The molecular weight excluding hydrogens is 250 g/mol. The number of aromatic hydroxyl groups is 1. The molecule has 0 aliphatic carbocycles. The number of phenolic OH excluding ortho intramolecular Hbond substituents is 1. The lowest BCUT2D eigenvalue weighted by atomic mass is 10.1. The molecular formula is C17H29NO2. The molecule has 0 spiro atoms. The van der Waals surface area contributed by atoms with Crippen LogP contribution in [0.1, 0.15) is 46.1 Å². The first-order valence-electron chi connectivity index (χ1n) is 7.61. The first kappa shape index (κ1) is 16.8. The summed E-state index contributed by atoms with van der Waals surface area (Å²) in [4.78, 5) is 2.52. The van der Waals surface area contributed by atoms with Gasteiger partial charge in [0.1, 0.15) is 0 Å². The highest BCUT2D eigenvalue weighted by Gasteiger charge is 2.17. The molecule has 0 saturated heterocycles. The van der Waals surface area contributed by atoms with Crippen molar-refractivity contribution in [3.05, 3.63) is 23.8 Å². The lowest BCUT2D eigenvalue weighted by Crippen LogP contribution is -2.36. The Morgan fingerprint density at radius 2 is 1.85 bits per heavy atom. The molecule has 0 saturated carbocycles. The van der Waals surface area contributed by atoms with Gasteiger partial charge in [-0.25, -0.2) is 0 Å². The van der Waals surface area contributed by atoms with E-state index >= 15 is 0 Å². The Balaban J connectivity index is 2.85. The van der Waals surface area contributed by atoms with Gasteiger partial charge in [-0.2, -0.15) is 0 Å². The number of hydrogen-bond donors (Lipinski definition) is 1. The maximum Gasteiger partial charge on any atom is 0.160 e. The predicted octanol–water partition coefficient (Wildman–Crippen LogP) is 4.05. The Labute approximate surface area is 123 Å². The van der Waals surface area contributed by atoms with Crippen molar-refractivity contribution in [1.29, 1.82) is 0 Å². The van der Waals surface area contributed by atoms with Crippen molar-refractivity contribution >= 4 is 0 Å². The van der Waals surface area contributed by atoms with Crippen LogP contribution in [-0.4, -0.2) is 29.7 Å². The van der Waals surface area contributed by atoms with E-state index in [1.54, 1.807) is 7.11 Å². The maximum atomic E-state index is 9.90. The Morgan fingerprint density at radius 3 is 2.30 bits per heavy atom. The van der Waals surface area contributed by atoms with Crippen LogP contribution in [0.5, 0.6) is 11.5 Å². The second-order valence-electron chi connectivity index (χ2n) is 5.80. The average Bonchev–Trinajstić information content (AvgIpc) is 2.39. The van der Waals surface area contributed by atoms with Crippen LogP contribution in [0.2, 0.25) is 0 Å². The van der Waals surface area contributed by atoms with Crippen LogP contribution in [0.3, 0.4) is 0 Å². The zero-order valence-electron chi connectivity index (χ0n) is 13.5. The fourth-order valence-corrected chi connectivity index (χ4v) is 2.69. The zero-order chi connectivity index (χ0) is 15.1. The van der Waals surface area contributed by atoms with Crippen molar-refractivity contribution in [1.82, 2.24) is 4.90 Å². The molecule has 3 nitrogen and oxygen atoms in total. The molecule has 1 N–H and O–H groups in total. The van der Waals surface area contributed by atoms with E-state index < -0.39 is 0 Å². The van der Waals surface area contributed by atoms with E-state index in [0.29, 0.717) is 17.7 Å². The van der Waals surface area contributed by atoms with Gasteiger partial charge in [0.25, 0.3) is 0 Å². The summed E-state index contributed by atoms with van der Waals surface area (Å²) in [5.74, 6) is 1.40. The Hall–Kier alpha value is -1.22. The fourth-order valence-electron chi connectivity index (χ4n) is 2.69. The highest BCUT2D eigenvalue weighted by atomic mass is 16.5. The van der Waals surface area contributed by atoms with Crippen LogP contribution in [0, 0.1) is 5.92 Å². The lowest BCUT2D eigenvalue weighted by Gasteiger charge is -2.32. The van der Waals surface area contributed by atoms with E-state index in [1.807, 2.05) is 18.2 Å². The van der Waals surface area contributed by atoms with Crippen LogP contribution in [-0.2, 0) is 6.54 Å². The van der Waals surface area contributed by atoms with Crippen molar-refractivity contribution < 1.29 is 9.84 Å². The average molecular weight is 279 g/mol. The van der Waals surface area contributed by atoms with Crippen LogP contribution >= 0.6 is 0 Å². The zero-order valence-corrected chi connectivity index (χ0v) is 13.5. The summed E-state index contributed by atoms with van der Waals surface area (Å²) in [6.07, 6.45) is 2.32. The van der Waals surface area contributed by atoms with Crippen molar-refractivity contribution in [2.75, 3.05) is 13.7 Å². The number of phenols is 1. The number of ether oxygens (including phenoxy) is 1. The second-order valence-corrected chi connectivity index (χ2v) is 5.80. The highest BCUT2D eigenvalue weighted by Crippen LogP contribution is 2.27. The van der Waals surface area contributed by atoms with Gasteiger partial charge in [0.05, 0.1) is 7.11 Å². The van der Waals surface area contributed by atoms with Crippen molar-refractivity contribution in [3.63, 3.8) is 0 Å². The summed E-state index contributed by atoms with van der Waals surface area (Å²) in [7, 11) is 1.57. The first-order chi connectivity index (χ1) is 9.51. The van der Waals surface area contributed by atoms with E-state index in [4.69, 9.17) is 4.74 Å². The largest absolute Gasteiger partial charge is 0.504 e. The number of rotatable bonds is 8. The Kier molecular flexibility index (Phi) is 6.86. The molecule has 0 aliphatic rings. The summed E-state index contributed by atoms with van der Waals surface area (Å²) in [5, 5.41) is 9.90. The van der Waals surface area contributed by atoms with E-state index in [-0.39, 0.29) is 5.75 Å². The first-order valence-corrected chi connectivity index (χ1v) is 7.61. The maximum absolute atomic E-state index is 9.90. The molecule has 0 atom stereocenters. The topological polar surface area (TPSA) is 32.7 Å². The highest BCUT2D eigenvalue weighted by molar-refractivity contribution is 5.41. The molecule has 0 radical (unpaired) electrons. The van der Waals surface area contributed by atoms with E-state index in [0.717, 1.165) is 31.5 Å². The molecule has 3 heteroatoms. The molecule has 0 bridgehead atoms. The van der Waals surface area contributed by atoms with Gasteiger partial charge in [-0.05, 0) is 36.5 Å². The summed E-state index contributed by atoms with van der Waals surface area (Å²) in [6.45, 7) is 10.9.